The van der Waals surface area contributed by atoms with Gasteiger partial charge in [0.25, 0.3) is 0 Å². The van der Waals surface area contributed by atoms with Gasteiger partial charge in [0.2, 0.25) is 0 Å². The number of benzene rings is 3. The van der Waals surface area contributed by atoms with Crippen LogP contribution in [0.25, 0.3) is 21.3 Å². The average Bonchev–Trinajstić information content (AvgIpc) is 3.20. The molecule has 0 atom stereocenters. The first-order valence-electron chi connectivity index (χ1n) is 8.40. The predicted octanol–water partition coefficient (Wildman–Crippen LogP) is 5.00. The monoisotopic (exact) mass is 373 g/mol. The molecule has 3 aromatic carbocycles. The van der Waals surface area contributed by atoms with Crippen molar-refractivity contribution in [2.75, 3.05) is 6.61 Å². The molecule has 0 spiro atoms. The number of ketones is 1. The predicted molar refractivity (Wildman–Crippen MR) is 106 cm³/mol. The molecule has 0 amide bonds. The molecule has 0 aliphatic carbocycles. The Morgan fingerprint density at radius 1 is 0.852 bits per heavy atom. The van der Waals surface area contributed by atoms with Gasteiger partial charge in [0.15, 0.2) is 12.4 Å². The summed E-state index contributed by atoms with van der Waals surface area (Å²) in [6, 6.07) is 22.4. The number of ether oxygens (including phenoxy) is 1. The van der Waals surface area contributed by atoms with Crippen LogP contribution in [-0.2, 0) is 4.74 Å². The van der Waals surface area contributed by atoms with Crippen LogP contribution >= 0.6 is 11.3 Å². The van der Waals surface area contributed by atoms with E-state index in [9.17, 15) is 9.59 Å². The fourth-order valence-electron chi connectivity index (χ4n) is 2.76. The summed E-state index contributed by atoms with van der Waals surface area (Å²) >= 11 is 1.45. The number of hydrogen-bond acceptors (Lipinski definition) is 5. The molecule has 4 nitrogen and oxygen atoms in total. The Morgan fingerprint density at radius 3 is 2.33 bits per heavy atom. The molecule has 0 N–H and O–H groups in total. The van der Waals surface area contributed by atoms with Gasteiger partial charge in [-0.2, -0.15) is 0 Å². The molecule has 0 saturated carbocycles. The maximum Gasteiger partial charge on any atom is 0.338 e. The zero-order valence-electron chi connectivity index (χ0n) is 14.3. The third-order valence-electron chi connectivity index (χ3n) is 4.22. The summed E-state index contributed by atoms with van der Waals surface area (Å²) in [5.74, 6) is -0.749. The zero-order valence-corrected chi connectivity index (χ0v) is 15.1. The largest absolute Gasteiger partial charge is 0.454 e. The average molecular weight is 373 g/mol. The Labute approximate surface area is 160 Å². The van der Waals surface area contributed by atoms with Gasteiger partial charge in [-0.05, 0) is 29.3 Å². The SMILES string of the molecule is O=C(COC(=O)c1ccc2ncsc2c1)c1ccc(-c2ccccc2)cc1. The minimum absolute atomic E-state index is 0.234. The molecule has 1 aromatic heterocycles. The second-order valence-corrected chi connectivity index (χ2v) is 6.86. The molecule has 0 aliphatic rings. The number of carbonyl (C=O) groups excluding carboxylic acids is 2. The molecule has 0 fully saturated rings. The number of Topliss-reactive ketones (excluding diaryl/α,β-unsaturated/α-hetero) is 1. The molecule has 0 aliphatic heterocycles. The summed E-state index contributed by atoms with van der Waals surface area (Å²) in [5.41, 5.74) is 5.61. The maximum atomic E-state index is 12.3. The molecular weight excluding hydrogens is 358 g/mol. The highest BCUT2D eigenvalue weighted by atomic mass is 32.1. The van der Waals surface area contributed by atoms with Gasteiger partial charge in [0.05, 0.1) is 21.3 Å². The van der Waals surface area contributed by atoms with E-state index in [4.69, 9.17) is 4.74 Å². The van der Waals surface area contributed by atoms with Crippen molar-refractivity contribution in [2.45, 2.75) is 0 Å². The first kappa shape index (κ1) is 17.1. The van der Waals surface area contributed by atoms with Crippen molar-refractivity contribution in [1.29, 1.82) is 0 Å². The van der Waals surface area contributed by atoms with Crippen LogP contribution in [0.15, 0.2) is 78.3 Å². The van der Waals surface area contributed by atoms with Crippen LogP contribution in [-0.4, -0.2) is 23.3 Å². The fraction of sp³-hybridized carbons (Fsp3) is 0.0455. The normalized spacial score (nSPS) is 10.7. The quantitative estimate of drug-likeness (QED) is 0.365. The highest BCUT2D eigenvalue weighted by molar-refractivity contribution is 7.16. The number of esters is 1. The van der Waals surface area contributed by atoms with Gasteiger partial charge in [0, 0.05) is 5.56 Å². The van der Waals surface area contributed by atoms with E-state index >= 15 is 0 Å². The maximum absolute atomic E-state index is 12.3. The molecule has 0 unspecified atom stereocenters. The summed E-state index contributed by atoms with van der Waals surface area (Å²) in [7, 11) is 0. The van der Waals surface area contributed by atoms with E-state index in [1.54, 1.807) is 35.8 Å². The van der Waals surface area contributed by atoms with Crippen LogP contribution in [0.1, 0.15) is 20.7 Å². The number of fused-ring (bicyclic) bond motifs is 1. The summed E-state index contributed by atoms with van der Waals surface area (Å²) in [6.07, 6.45) is 0. The summed E-state index contributed by atoms with van der Waals surface area (Å²) in [5, 5.41) is 0. The molecule has 5 heteroatoms. The third-order valence-corrected chi connectivity index (χ3v) is 5.01. The summed E-state index contributed by atoms with van der Waals surface area (Å²) < 4.78 is 6.09. The fourth-order valence-corrected chi connectivity index (χ4v) is 3.48. The van der Waals surface area contributed by atoms with E-state index in [2.05, 4.69) is 4.98 Å². The standard InChI is InChI=1S/C22H15NO3S/c24-20(17-8-6-16(7-9-17)15-4-2-1-3-5-15)13-26-22(25)18-10-11-19-21(12-18)27-14-23-19/h1-12,14H,13H2. The highest BCUT2D eigenvalue weighted by Crippen LogP contribution is 2.21. The van der Waals surface area contributed by atoms with Gasteiger partial charge in [-0.15, -0.1) is 11.3 Å². The van der Waals surface area contributed by atoms with E-state index in [1.807, 2.05) is 42.5 Å². The first-order valence-corrected chi connectivity index (χ1v) is 9.28. The van der Waals surface area contributed by atoms with Crippen molar-refractivity contribution >= 4 is 33.3 Å². The van der Waals surface area contributed by atoms with Gasteiger partial charge in [0.1, 0.15) is 0 Å². The Kier molecular flexibility index (Phi) is 4.77. The number of carbonyl (C=O) groups is 2. The van der Waals surface area contributed by atoms with Crippen LogP contribution in [0, 0.1) is 0 Å². The molecule has 132 valence electrons. The van der Waals surface area contributed by atoms with Gasteiger partial charge in [-0.25, -0.2) is 9.78 Å². The molecule has 27 heavy (non-hydrogen) atoms. The topological polar surface area (TPSA) is 56.3 Å². The second-order valence-electron chi connectivity index (χ2n) is 5.98. The van der Waals surface area contributed by atoms with Crippen LogP contribution in [0.5, 0.6) is 0 Å². The number of nitrogens with zero attached hydrogens (tertiary/aromatic N) is 1. The van der Waals surface area contributed by atoms with E-state index in [1.165, 1.54) is 11.3 Å². The number of aromatic nitrogens is 1. The Morgan fingerprint density at radius 2 is 1.56 bits per heavy atom. The molecule has 4 rings (SSSR count). The Balaban J connectivity index is 1.40. The molecule has 4 aromatic rings. The number of rotatable bonds is 5. The Bertz CT molecular complexity index is 1100. The van der Waals surface area contributed by atoms with Crippen LogP contribution in [0.2, 0.25) is 0 Å². The minimum Gasteiger partial charge on any atom is -0.454 e. The molecular formula is C22H15NO3S. The second kappa shape index (κ2) is 7.51. The lowest BCUT2D eigenvalue weighted by molar-refractivity contribution is 0.0475. The molecule has 1 heterocycles. The van der Waals surface area contributed by atoms with Gasteiger partial charge in [-0.1, -0.05) is 54.6 Å². The van der Waals surface area contributed by atoms with E-state index in [-0.39, 0.29) is 12.4 Å². The van der Waals surface area contributed by atoms with Crippen molar-refractivity contribution in [3.63, 3.8) is 0 Å². The first-order chi connectivity index (χ1) is 13.2. The minimum atomic E-state index is -0.514. The van der Waals surface area contributed by atoms with Crippen molar-refractivity contribution in [2.24, 2.45) is 0 Å². The smallest absolute Gasteiger partial charge is 0.338 e. The van der Waals surface area contributed by atoms with Crippen LogP contribution < -0.4 is 0 Å². The lowest BCUT2D eigenvalue weighted by Gasteiger charge is -2.06. The summed E-state index contributed by atoms with van der Waals surface area (Å²) in [6.45, 7) is -0.287. The van der Waals surface area contributed by atoms with E-state index in [0.29, 0.717) is 11.1 Å². The van der Waals surface area contributed by atoms with Gasteiger partial charge >= 0.3 is 5.97 Å². The summed E-state index contributed by atoms with van der Waals surface area (Å²) in [4.78, 5) is 28.7. The van der Waals surface area contributed by atoms with Crippen molar-refractivity contribution < 1.29 is 14.3 Å². The van der Waals surface area contributed by atoms with Crippen molar-refractivity contribution in [3.05, 3.63) is 89.4 Å². The van der Waals surface area contributed by atoms with Gasteiger partial charge in [-0.3, -0.25) is 4.79 Å². The van der Waals surface area contributed by atoms with Crippen LogP contribution in [0.4, 0.5) is 0 Å². The van der Waals surface area contributed by atoms with Crippen molar-refractivity contribution in [3.8, 4) is 11.1 Å². The Hall–Kier alpha value is -3.31. The highest BCUT2D eigenvalue weighted by Gasteiger charge is 2.13. The van der Waals surface area contributed by atoms with Crippen molar-refractivity contribution in [1.82, 2.24) is 4.98 Å². The van der Waals surface area contributed by atoms with Gasteiger partial charge < -0.3 is 4.74 Å². The number of hydrogen-bond donors (Lipinski definition) is 0. The third kappa shape index (κ3) is 3.78. The van der Waals surface area contributed by atoms with E-state index in [0.717, 1.165) is 21.3 Å². The molecule has 0 radical (unpaired) electrons. The molecule has 0 bridgehead atoms. The zero-order chi connectivity index (χ0) is 18.6. The number of thiazole rings is 1. The molecule has 0 saturated heterocycles. The van der Waals surface area contributed by atoms with Crippen LogP contribution in [0.3, 0.4) is 0 Å². The van der Waals surface area contributed by atoms with E-state index < -0.39 is 5.97 Å². The lowest BCUT2D eigenvalue weighted by atomic mass is 10.0. The lowest BCUT2D eigenvalue weighted by Crippen LogP contribution is -2.14.